The van der Waals surface area contributed by atoms with E-state index in [4.69, 9.17) is 0 Å². The molecule has 1 atom stereocenters. The third kappa shape index (κ3) is 3.57. The molecule has 0 spiro atoms. The smallest absolute Gasteiger partial charge is 0.259 e. The average Bonchev–Trinajstić information content (AvgIpc) is 2.88. The van der Waals surface area contributed by atoms with Crippen LogP contribution in [-0.2, 0) is 4.79 Å². The second-order valence-electron chi connectivity index (χ2n) is 6.80. The van der Waals surface area contributed by atoms with Crippen molar-refractivity contribution in [1.29, 1.82) is 0 Å². The molecule has 1 fully saturated rings. The molecule has 2 aromatic heterocycles. The second kappa shape index (κ2) is 7.67. The van der Waals surface area contributed by atoms with Crippen molar-refractivity contribution in [3.8, 4) is 0 Å². The highest BCUT2D eigenvalue weighted by Crippen LogP contribution is 2.30. The molecule has 0 unspecified atom stereocenters. The van der Waals surface area contributed by atoms with Crippen LogP contribution in [0.4, 0.5) is 5.82 Å². The number of rotatable bonds is 3. The molecule has 4 rings (SSSR count). The van der Waals surface area contributed by atoms with E-state index in [1.54, 1.807) is 18.1 Å². The number of carbonyl (C=O) groups excluding carboxylic acids is 1. The molecule has 0 radical (unpaired) electrons. The lowest BCUT2D eigenvalue weighted by Gasteiger charge is -2.26. The van der Waals surface area contributed by atoms with Gasteiger partial charge in [0.15, 0.2) is 0 Å². The van der Waals surface area contributed by atoms with Crippen LogP contribution < -0.4 is 15.5 Å². The summed E-state index contributed by atoms with van der Waals surface area (Å²) in [7, 11) is 0. The summed E-state index contributed by atoms with van der Waals surface area (Å²) in [5.41, 5.74) is 1.94. The maximum Gasteiger partial charge on any atom is 0.259 e. The van der Waals surface area contributed by atoms with Crippen LogP contribution in [0.3, 0.4) is 0 Å². The number of aromatic amines is 1. The second-order valence-corrected chi connectivity index (χ2v) is 7.93. The topological polar surface area (TPSA) is 85.9 Å². The molecule has 2 aliphatic heterocycles. The standard InChI is InChI=1S/C18H24N6OS/c1-12-8-20-16-15(12)17(22-11-21-16)24-6-7-26-14(10-24)18(25)23-13-4-2-3-5-19-9-13/h8,10-11,13,19H,2-7,9H2,1H3,(H,23,25)(H,20,21,22)/t13-/m0/s1. The van der Waals surface area contributed by atoms with E-state index in [0.29, 0.717) is 0 Å². The fourth-order valence-corrected chi connectivity index (χ4v) is 4.40. The largest absolute Gasteiger partial charge is 0.348 e. The number of anilines is 1. The Balaban J connectivity index is 1.55. The van der Waals surface area contributed by atoms with Gasteiger partial charge < -0.3 is 20.5 Å². The summed E-state index contributed by atoms with van der Waals surface area (Å²) in [6, 6.07) is 0.208. The van der Waals surface area contributed by atoms with Crippen LogP contribution in [0.5, 0.6) is 0 Å². The molecule has 0 aromatic carbocycles. The van der Waals surface area contributed by atoms with Gasteiger partial charge >= 0.3 is 0 Å². The van der Waals surface area contributed by atoms with Crippen molar-refractivity contribution in [2.45, 2.75) is 32.2 Å². The predicted molar refractivity (Wildman–Crippen MR) is 105 cm³/mol. The third-order valence-electron chi connectivity index (χ3n) is 4.89. The van der Waals surface area contributed by atoms with Gasteiger partial charge in [0.1, 0.15) is 17.8 Å². The molecule has 0 saturated carbocycles. The Morgan fingerprint density at radius 2 is 2.31 bits per heavy atom. The van der Waals surface area contributed by atoms with Gasteiger partial charge in [0.2, 0.25) is 0 Å². The lowest BCUT2D eigenvalue weighted by molar-refractivity contribution is -0.117. The van der Waals surface area contributed by atoms with E-state index in [2.05, 4.69) is 30.5 Å². The number of fused-ring (bicyclic) bond motifs is 1. The molecule has 3 N–H and O–H groups in total. The first-order valence-electron chi connectivity index (χ1n) is 9.14. The molecule has 2 aromatic rings. The van der Waals surface area contributed by atoms with Gasteiger partial charge in [-0.15, -0.1) is 11.8 Å². The molecular weight excluding hydrogens is 348 g/mol. The molecule has 138 valence electrons. The van der Waals surface area contributed by atoms with Gasteiger partial charge in [-0.2, -0.15) is 0 Å². The van der Waals surface area contributed by atoms with Crippen LogP contribution in [0.25, 0.3) is 11.0 Å². The zero-order valence-corrected chi connectivity index (χ0v) is 15.7. The minimum absolute atomic E-state index is 0.0180. The van der Waals surface area contributed by atoms with Crippen molar-refractivity contribution in [1.82, 2.24) is 25.6 Å². The summed E-state index contributed by atoms with van der Waals surface area (Å²) in [6.45, 7) is 4.75. The van der Waals surface area contributed by atoms with Crippen molar-refractivity contribution >= 4 is 34.5 Å². The number of aromatic nitrogens is 3. The van der Waals surface area contributed by atoms with E-state index in [-0.39, 0.29) is 11.9 Å². The van der Waals surface area contributed by atoms with E-state index in [0.717, 1.165) is 65.5 Å². The van der Waals surface area contributed by atoms with Gasteiger partial charge in [-0.25, -0.2) is 9.97 Å². The number of amides is 1. The number of hydrogen-bond acceptors (Lipinski definition) is 6. The van der Waals surface area contributed by atoms with Crippen LogP contribution in [0.2, 0.25) is 0 Å². The Kier molecular flexibility index (Phi) is 5.12. The van der Waals surface area contributed by atoms with Crippen LogP contribution >= 0.6 is 11.8 Å². The highest BCUT2D eigenvalue weighted by Gasteiger charge is 2.23. The molecule has 1 amide bonds. The highest BCUT2D eigenvalue weighted by molar-refractivity contribution is 8.04. The number of aryl methyl sites for hydroxylation is 1. The Labute approximate surface area is 157 Å². The molecule has 26 heavy (non-hydrogen) atoms. The first-order chi connectivity index (χ1) is 12.7. The first-order valence-corrected chi connectivity index (χ1v) is 10.1. The quantitative estimate of drug-likeness (QED) is 0.763. The summed E-state index contributed by atoms with van der Waals surface area (Å²) in [6.07, 6.45) is 8.81. The van der Waals surface area contributed by atoms with E-state index in [1.165, 1.54) is 6.42 Å². The Morgan fingerprint density at radius 3 is 3.23 bits per heavy atom. The van der Waals surface area contributed by atoms with Crippen molar-refractivity contribution in [3.05, 3.63) is 29.2 Å². The number of H-pyrrole nitrogens is 1. The number of nitrogens with one attached hydrogen (secondary N) is 3. The Hall–Kier alpha value is -2.06. The highest BCUT2D eigenvalue weighted by atomic mass is 32.2. The van der Waals surface area contributed by atoms with Gasteiger partial charge in [-0.05, 0) is 31.9 Å². The summed E-state index contributed by atoms with van der Waals surface area (Å²) >= 11 is 1.61. The number of thioether (sulfide) groups is 1. The van der Waals surface area contributed by atoms with Crippen molar-refractivity contribution in [2.24, 2.45) is 0 Å². The number of carbonyl (C=O) groups is 1. The molecule has 0 bridgehead atoms. The third-order valence-corrected chi connectivity index (χ3v) is 5.88. The summed E-state index contributed by atoms with van der Waals surface area (Å²) < 4.78 is 0. The molecule has 8 heteroatoms. The zero-order valence-electron chi connectivity index (χ0n) is 14.9. The first kappa shape index (κ1) is 17.4. The van der Waals surface area contributed by atoms with Gasteiger partial charge in [0.25, 0.3) is 5.91 Å². The Morgan fingerprint density at radius 1 is 1.38 bits per heavy atom. The maximum atomic E-state index is 12.7. The molecule has 2 aliphatic rings. The molecule has 1 saturated heterocycles. The minimum Gasteiger partial charge on any atom is -0.348 e. The van der Waals surface area contributed by atoms with Crippen LogP contribution in [-0.4, -0.2) is 52.3 Å². The fourth-order valence-electron chi connectivity index (χ4n) is 3.50. The maximum absolute atomic E-state index is 12.7. The lowest BCUT2D eigenvalue weighted by Crippen LogP contribution is -2.42. The van der Waals surface area contributed by atoms with E-state index in [1.807, 2.05) is 19.3 Å². The van der Waals surface area contributed by atoms with Crippen LogP contribution in [0.1, 0.15) is 24.8 Å². The van der Waals surface area contributed by atoms with Gasteiger partial charge in [-0.3, -0.25) is 4.79 Å². The SMILES string of the molecule is Cc1c[nH]c2ncnc(N3C=C(C(=O)N[C@H]4CCCCNC4)SCC3)c12. The fraction of sp³-hybridized carbons (Fsp3) is 0.500. The molecular formula is C18H24N6OS. The Bertz CT molecular complexity index is 824. The normalized spacial score (nSPS) is 21.3. The van der Waals surface area contributed by atoms with Crippen molar-refractivity contribution in [2.75, 3.05) is 30.3 Å². The molecule has 0 aliphatic carbocycles. The summed E-state index contributed by atoms with van der Waals surface area (Å²) in [5, 5.41) is 7.60. The zero-order chi connectivity index (χ0) is 17.9. The van der Waals surface area contributed by atoms with E-state index >= 15 is 0 Å². The number of nitrogens with zero attached hydrogens (tertiary/aromatic N) is 3. The van der Waals surface area contributed by atoms with Crippen LogP contribution in [0, 0.1) is 6.92 Å². The van der Waals surface area contributed by atoms with Crippen molar-refractivity contribution < 1.29 is 4.79 Å². The van der Waals surface area contributed by atoms with E-state index in [9.17, 15) is 4.79 Å². The van der Waals surface area contributed by atoms with Crippen LogP contribution in [0.15, 0.2) is 23.6 Å². The predicted octanol–water partition coefficient (Wildman–Crippen LogP) is 1.92. The average molecular weight is 372 g/mol. The van der Waals surface area contributed by atoms with E-state index < -0.39 is 0 Å². The summed E-state index contributed by atoms with van der Waals surface area (Å²) in [5.74, 6) is 1.73. The number of hydrogen-bond donors (Lipinski definition) is 3. The van der Waals surface area contributed by atoms with Crippen molar-refractivity contribution in [3.63, 3.8) is 0 Å². The van der Waals surface area contributed by atoms with Gasteiger partial charge in [0, 0.05) is 37.3 Å². The monoisotopic (exact) mass is 372 g/mol. The molecule has 4 heterocycles. The minimum atomic E-state index is 0.0180. The van der Waals surface area contributed by atoms with Gasteiger partial charge in [-0.1, -0.05) is 6.42 Å². The lowest BCUT2D eigenvalue weighted by atomic mass is 10.1. The van der Waals surface area contributed by atoms with Gasteiger partial charge in [0.05, 0.1) is 10.3 Å². The molecule has 7 nitrogen and oxygen atoms in total. The summed E-state index contributed by atoms with van der Waals surface area (Å²) in [4.78, 5) is 27.5.